The average molecular weight is 349 g/mol. The van der Waals surface area contributed by atoms with Crippen molar-refractivity contribution >= 4 is 16.3 Å². The molecule has 3 heterocycles. The van der Waals surface area contributed by atoms with Gasteiger partial charge in [-0.3, -0.25) is 0 Å². The molecule has 0 saturated carbocycles. The minimum atomic E-state index is 1.22. The van der Waals surface area contributed by atoms with Gasteiger partial charge in [0.05, 0.1) is 5.56 Å². The Morgan fingerprint density at radius 3 is 2.48 bits per heavy atom. The van der Waals surface area contributed by atoms with Crippen molar-refractivity contribution in [3.8, 4) is 22.4 Å². The molecular formula is C25H21N2+. The number of fused-ring (bicyclic) bond motifs is 2. The Bertz CT molecular complexity index is 1280. The number of nitrogens with zero attached hydrogens (tertiary/aromatic N) is 2. The summed E-state index contributed by atoms with van der Waals surface area (Å²) in [5.41, 5.74) is 7.52. The first-order chi connectivity index (χ1) is 13.2. The van der Waals surface area contributed by atoms with Crippen LogP contribution in [-0.2, 0) is 7.05 Å². The van der Waals surface area contributed by atoms with Crippen LogP contribution in [0.4, 0.5) is 0 Å². The Balaban J connectivity index is 1.74. The van der Waals surface area contributed by atoms with Crippen LogP contribution in [0.5, 0.6) is 0 Å². The van der Waals surface area contributed by atoms with Gasteiger partial charge in [-0.1, -0.05) is 42.5 Å². The molecule has 2 nitrogen and oxygen atoms in total. The van der Waals surface area contributed by atoms with Gasteiger partial charge in [-0.25, -0.2) is 4.57 Å². The molecule has 0 saturated heterocycles. The first-order valence-electron chi connectivity index (χ1n) is 9.26. The number of rotatable bonds is 2. The number of pyridine rings is 2. The van der Waals surface area contributed by atoms with E-state index >= 15 is 0 Å². The van der Waals surface area contributed by atoms with E-state index in [0.29, 0.717) is 0 Å². The fraction of sp³-hybridized carbons (Fsp3) is 0.0800. The van der Waals surface area contributed by atoms with E-state index in [9.17, 15) is 0 Å². The number of hydrogen-bond donors (Lipinski definition) is 0. The number of aromatic nitrogens is 2. The first-order valence-corrected chi connectivity index (χ1v) is 9.26. The fourth-order valence-electron chi connectivity index (χ4n) is 3.97. The lowest BCUT2D eigenvalue weighted by Crippen LogP contribution is -2.31. The van der Waals surface area contributed by atoms with Gasteiger partial charge in [0.15, 0.2) is 6.20 Å². The second-order valence-corrected chi connectivity index (χ2v) is 7.15. The molecule has 0 radical (unpaired) electrons. The molecule has 0 amide bonds. The molecule has 5 rings (SSSR count). The minimum Gasteiger partial charge on any atom is -0.323 e. The molecule has 0 aliphatic rings. The second kappa shape index (κ2) is 6.10. The van der Waals surface area contributed by atoms with E-state index in [2.05, 4.69) is 114 Å². The largest absolute Gasteiger partial charge is 0.323 e. The Labute approximate surface area is 159 Å². The third-order valence-electron chi connectivity index (χ3n) is 5.37. The van der Waals surface area contributed by atoms with Crippen LogP contribution in [-0.4, -0.2) is 4.40 Å². The molecule has 0 fully saturated rings. The summed E-state index contributed by atoms with van der Waals surface area (Å²) in [5.74, 6) is 0. The van der Waals surface area contributed by atoms with Crippen LogP contribution in [0.25, 0.3) is 38.7 Å². The van der Waals surface area contributed by atoms with Crippen molar-refractivity contribution in [2.24, 2.45) is 7.05 Å². The van der Waals surface area contributed by atoms with Crippen LogP contribution in [0.3, 0.4) is 0 Å². The second-order valence-electron chi connectivity index (χ2n) is 7.15. The monoisotopic (exact) mass is 349 g/mol. The summed E-state index contributed by atoms with van der Waals surface area (Å²) >= 11 is 0. The number of hydrogen-bond acceptors (Lipinski definition) is 0. The molecule has 27 heavy (non-hydrogen) atoms. The highest BCUT2D eigenvalue weighted by Gasteiger charge is 2.17. The summed E-state index contributed by atoms with van der Waals surface area (Å²) in [6.07, 6.45) is 6.54. The van der Waals surface area contributed by atoms with E-state index in [4.69, 9.17) is 0 Å². The third kappa shape index (κ3) is 2.61. The van der Waals surface area contributed by atoms with E-state index < -0.39 is 0 Å². The molecule has 0 unspecified atom stereocenters. The Morgan fingerprint density at radius 2 is 1.67 bits per heavy atom. The zero-order valence-electron chi connectivity index (χ0n) is 15.6. The minimum absolute atomic E-state index is 1.22. The average Bonchev–Trinajstić information content (AvgIpc) is 3.15. The molecule has 5 aromatic rings. The van der Waals surface area contributed by atoms with Gasteiger partial charge in [0.25, 0.3) is 0 Å². The van der Waals surface area contributed by atoms with E-state index in [-0.39, 0.29) is 0 Å². The van der Waals surface area contributed by atoms with Crippen LogP contribution in [0.2, 0.25) is 0 Å². The molecule has 3 aromatic heterocycles. The van der Waals surface area contributed by atoms with Crippen molar-refractivity contribution in [3.05, 3.63) is 97.0 Å². The summed E-state index contributed by atoms with van der Waals surface area (Å²) in [5, 5.41) is 2.55. The maximum absolute atomic E-state index is 2.29. The van der Waals surface area contributed by atoms with E-state index in [1.807, 2.05) is 0 Å². The van der Waals surface area contributed by atoms with Crippen LogP contribution < -0.4 is 4.57 Å². The maximum atomic E-state index is 2.29. The first kappa shape index (κ1) is 15.8. The standard InChI is InChI=1S/C25H21N2/c1-18-10-11-21-17-27-14-6-9-22(27)15-23(21)25(18)24-13-12-20(16-26(24)2)19-7-4-3-5-8-19/h3-17H,1-2H3/q+1. The molecule has 0 atom stereocenters. The Kier molecular flexibility index (Phi) is 3.58. The van der Waals surface area contributed by atoms with Gasteiger partial charge in [0.1, 0.15) is 7.05 Å². The van der Waals surface area contributed by atoms with Gasteiger partial charge in [-0.05, 0) is 53.1 Å². The fourth-order valence-corrected chi connectivity index (χ4v) is 3.97. The van der Waals surface area contributed by atoms with Crippen molar-refractivity contribution in [3.63, 3.8) is 0 Å². The van der Waals surface area contributed by atoms with Crippen LogP contribution >= 0.6 is 0 Å². The molecule has 0 N–H and O–H groups in total. The van der Waals surface area contributed by atoms with Gasteiger partial charge in [-0.2, -0.15) is 0 Å². The van der Waals surface area contributed by atoms with Crippen molar-refractivity contribution in [2.75, 3.05) is 0 Å². The quantitative estimate of drug-likeness (QED) is 0.369. The SMILES string of the molecule is Cc1ccc2cn3cccc3cc2c1-c1ccc(-c2ccccc2)c[n+]1C. The molecule has 2 heteroatoms. The molecule has 0 spiro atoms. The topological polar surface area (TPSA) is 8.29 Å². The number of benzene rings is 2. The molecule has 130 valence electrons. The summed E-state index contributed by atoms with van der Waals surface area (Å²) in [6.45, 7) is 2.20. The van der Waals surface area contributed by atoms with Crippen LogP contribution in [0, 0.1) is 6.92 Å². The zero-order chi connectivity index (χ0) is 18.4. The van der Waals surface area contributed by atoms with E-state index in [0.717, 1.165) is 0 Å². The molecular weight excluding hydrogens is 328 g/mol. The van der Waals surface area contributed by atoms with Crippen LogP contribution in [0.1, 0.15) is 5.56 Å². The van der Waals surface area contributed by atoms with Gasteiger partial charge in [0, 0.05) is 29.5 Å². The summed E-state index contributed by atoms with van der Waals surface area (Å²) in [4.78, 5) is 0. The van der Waals surface area contributed by atoms with Crippen molar-refractivity contribution in [1.29, 1.82) is 0 Å². The lowest BCUT2D eigenvalue weighted by molar-refractivity contribution is -0.659. The van der Waals surface area contributed by atoms with Crippen molar-refractivity contribution < 1.29 is 4.57 Å². The summed E-state index contributed by atoms with van der Waals surface area (Å²) in [6, 6.07) is 26.0. The lowest BCUT2D eigenvalue weighted by Gasteiger charge is -2.11. The van der Waals surface area contributed by atoms with E-state index in [1.165, 1.54) is 44.2 Å². The summed E-state index contributed by atoms with van der Waals surface area (Å²) < 4.78 is 4.42. The van der Waals surface area contributed by atoms with Gasteiger partial charge < -0.3 is 4.40 Å². The highest BCUT2D eigenvalue weighted by Crippen LogP contribution is 2.32. The highest BCUT2D eigenvalue weighted by atomic mass is 14.9. The predicted octanol–water partition coefficient (Wildman–Crippen LogP) is 5.56. The normalized spacial score (nSPS) is 11.3. The van der Waals surface area contributed by atoms with Gasteiger partial charge in [0.2, 0.25) is 5.69 Å². The molecule has 0 bridgehead atoms. The highest BCUT2D eigenvalue weighted by molar-refractivity contribution is 5.98. The Hall–Kier alpha value is -3.39. The maximum Gasteiger partial charge on any atom is 0.213 e. The molecule has 0 aliphatic heterocycles. The predicted molar refractivity (Wildman–Crippen MR) is 112 cm³/mol. The lowest BCUT2D eigenvalue weighted by atomic mass is 9.96. The third-order valence-corrected chi connectivity index (χ3v) is 5.37. The van der Waals surface area contributed by atoms with E-state index in [1.54, 1.807) is 0 Å². The van der Waals surface area contributed by atoms with Crippen molar-refractivity contribution in [1.82, 2.24) is 4.40 Å². The molecule has 0 aliphatic carbocycles. The number of aryl methyl sites for hydroxylation is 2. The summed E-state index contributed by atoms with van der Waals surface area (Å²) in [7, 11) is 2.13. The van der Waals surface area contributed by atoms with Gasteiger partial charge >= 0.3 is 0 Å². The molecule has 2 aromatic carbocycles. The zero-order valence-corrected chi connectivity index (χ0v) is 15.6. The van der Waals surface area contributed by atoms with Gasteiger partial charge in [-0.15, -0.1) is 0 Å². The van der Waals surface area contributed by atoms with Crippen LogP contribution in [0.15, 0.2) is 91.4 Å². The Morgan fingerprint density at radius 1 is 0.815 bits per heavy atom. The smallest absolute Gasteiger partial charge is 0.213 e. The van der Waals surface area contributed by atoms with Crippen molar-refractivity contribution in [2.45, 2.75) is 6.92 Å².